The minimum atomic E-state index is -0.555. The maximum atomic E-state index is 12.6. The van der Waals surface area contributed by atoms with Gasteiger partial charge in [-0.3, -0.25) is 19.3 Å². The lowest BCUT2D eigenvalue weighted by atomic mass is 9.95. The molecule has 1 atom stereocenters. The van der Waals surface area contributed by atoms with Crippen molar-refractivity contribution in [2.24, 2.45) is 5.41 Å². The van der Waals surface area contributed by atoms with Gasteiger partial charge in [-0.2, -0.15) is 0 Å². The Morgan fingerprint density at radius 2 is 1.69 bits per heavy atom. The number of hydrogen-bond donors (Lipinski definition) is 2. The van der Waals surface area contributed by atoms with Crippen molar-refractivity contribution in [1.29, 1.82) is 0 Å². The fourth-order valence-corrected chi connectivity index (χ4v) is 3.15. The second kappa shape index (κ2) is 9.39. The molecule has 7 heteroatoms. The first-order valence-electron chi connectivity index (χ1n) is 10.2. The maximum Gasteiger partial charge on any atom is 0.244 e. The first-order valence-corrected chi connectivity index (χ1v) is 10.2. The Morgan fingerprint density at radius 1 is 1.07 bits per heavy atom. The van der Waals surface area contributed by atoms with Crippen LogP contribution in [-0.2, 0) is 14.4 Å². The van der Waals surface area contributed by atoms with Gasteiger partial charge in [-0.15, -0.1) is 0 Å². The Hall–Kier alpha value is -2.41. The number of rotatable bonds is 5. The molecule has 0 bridgehead atoms. The summed E-state index contributed by atoms with van der Waals surface area (Å²) >= 11 is 0. The van der Waals surface area contributed by atoms with Gasteiger partial charge in [-0.05, 0) is 38.0 Å². The van der Waals surface area contributed by atoms with Crippen molar-refractivity contribution in [3.63, 3.8) is 0 Å². The van der Waals surface area contributed by atoms with Crippen LogP contribution < -0.4 is 10.6 Å². The summed E-state index contributed by atoms with van der Waals surface area (Å²) in [5.41, 5.74) is 2.52. The van der Waals surface area contributed by atoms with E-state index in [1.165, 1.54) is 0 Å². The molecule has 0 spiro atoms. The van der Waals surface area contributed by atoms with Crippen LogP contribution in [0.3, 0.4) is 0 Å². The molecule has 0 saturated carbocycles. The molecule has 1 unspecified atom stereocenters. The zero-order valence-corrected chi connectivity index (χ0v) is 18.5. The summed E-state index contributed by atoms with van der Waals surface area (Å²) in [6.45, 7) is 13.8. The minimum absolute atomic E-state index is 0.0516. The molecule has 1 saturated heterocycles. The van der Waals surface area contributed by atoms with Crippen molar-refractivity contribution >= 4 is 23.4 Å². The standard InChI is InChI=1S/C22H34N4O3/c1-15-8-7-9-18(16(15)2)24-19(27)14-25-10-12-26(13-11-25)20(28)17(3)23-21(29)22(4,5)6/h7-9,17H,10-14H2,1-6H3,(H,23,29)(H,24,27). The summed E-state index contributed by atoms with van der Waals surface area (Å²) in [6.07, 6.45) is 0. The van der Waals surface area contributed by atoms with Crippen LogP contribution in [0.4, 0.5) is 5.69 Å². The molecule has 0 aliphatic carbocycles. The third-order valence-electron chi connectivity index (χ3n) is 5.33. The smallest absolute Gasteiger partial charge is 0.244 e. The van der Waals surface area contributed by atoms with E-state index in [4.69, 9.17) is 0 Å². The molecule has 1 aromatic carbocycles. The van der Waals surface area contributed by atoms with E-state index in [1.807, 2.05) is 57.7 Å². The maximum absolute atomic E-state index is 12.6. The molecule has 1 aliphatic rings. The average Bonchev–Trinajstić information content (AvgIpc) is 2.64. The second-order valence-electron chi connectivity index (χ2n) is 8.84. The molecule has 160 valence electrons. The molecule has 1 aromatic rings. The van der Waals surface area contributed by atoms with Crippen LogP contribution in [0.2, 0.25) is 0 Å². The first kappa shape index (κ1) is 22.9. The highest BCUT2D eigenvalue weighted by molar-refractivity contribution is 5.93. The van der Waals surface area contributed by atoms with Crippen molar-refractivity contribution in [3.8, 4) is 0 Å². The van der Waals surface area contributed by atoms with Crippen LogP contribution in [0.5, 0.6) is 0 Å². The van der Waals surface area contributed by atoms with E-state index < -0.39 is 11.5 Å². The molecule has 1 fully saturated rings. The van der Waals surface area contributed by atoms with Gasteiger partial charge in [0.05, 0.1) is 6.54 Å². The van der Waals surface area contributed by atoms with Crippen LogP contribution in [0, 0.1) is 19.3 Å². The van der Waals surface area contributed by atoms with Gasteiger partial charge in [-0.1, -0.05) is 32.9 Å². The summed E-state index contributed by atoms with van der Waals surface area (Å²) in [4.78, 5) is 40.9. The molecule has 0 radical (unpaired) electrons. The van der Waals surface area contributed by atoms with Gasteiger partial charge in [0.25, 0.3) is 0 Å². The van der Waals surface area contributed by atoms with E-state index in [-0.39, 0.29) is 17.7 Å². The number of amides is 3. The fraction of sp³-hybridized carbons (Fsp3) is 0.591. The molecule has 0 aromatic heterocycles. The second-order valence-corrected chi connectivity index (χ2v) is 8.84. The topological polar surface area (TPSA) is 81.8 Å². The zero-order valence-electron chi connectivity index (χ0n) is 18.5. The largest absolute Gasteiger partial charge is 0.344 e. The van der Waals surface area contributed by atoms with Gasteiger partial charge in [0, 0.05) is 37.3 Å². The van der Waals surface area contributed by atoms with Crippen LogP contribution in [0.1, 0.15) is 38.8 Å². The number of aryl methyl sites for hydroxylation is 1. The highest BCUT2D eigenvalue weighted by atomic mass is 16.2. The van der Waals surface area contributed by atoms with Gasteiger partial charge < -0.3 is 15.5 Å². The summed E-state index contributed by atoms with van der Waals surface area (Å²) < 4.78 is 0. The molecule has 29 heavy (non-hydrogen) atoms. The molecular formula is C22H34N4O3. The Morgan fingerprint density at radius 3 is 2.28 bits per heavy atom. The van der Waals surface area contributed by atoms with Crippen LogP contribution in [-0.4, -0.2) is 66.3 Å². The summed E-state index contributed by atoms with van der Waals surface area (Å²) in [7, 11) is 0. The normalized spacial score (nSPS) is 16.3. The van der Waals surface area contributed by atoms with E-state index in [2.05, 4.69) is 10.6 Å². The zero-order chi connectivity index (χ0) is 21.8. The van der Waals surface area contributed by atoms with Crippen LogP contribution in [0.25, 0.3) is 0 Å². The third-order valence-corrected chi connectivity index (χ3v) is 5.33. The number of anilines is 1. The quantitative estimate of drug-likeness (QED) is 0.789. The Bertz CT molecular complexity index is 762. The lowest BCUT2D eigenvalue weighted by Crippen LogP contribution is -2.55. The third kappa shape index (κ3) is 6.29. The van der Waals surface area contributed by atoms with Crippen molar-refractivity contribution in [2.75, 3.05) is 38.0 Å². The average molecular weight is 403 g/mol. The monoisotopic (exact) mass is 402 g/mol. The molecule has 2 rings (SSSR count). The Labute approximate surface area is 173 Å². The molecule has 2 N–H and O–H groups in total. The fourth-order valence-electron chi connectivity index (χ4n) is 3.15. The number of nitrogens with one attached hydrogen (secondary N) is 2. The molecule has 1 heterocycles. The van der Waals surface area contributed by atoms with Crippen LogP contribution >= 0.6 is 0 Å². The lowest BCUT2D eigenvalue weighted by molar-refractivity contribution is -0.139. The number of piperazine rings is 1. The molecule has 7 nitrogen and oxygen atoms in total. The predicted octanol–water partition coefficient (Wildman–Crippen LogP) is 1.94. The molecule has 1 aliphatic heterocycles. The van der Waals surface area contributed by atoms with E-state index in [0.717, 1.165) is 16.8 Å². The SMILES string of the molecule is Cc1cccc(NC(=O)CN2CCN(C(=O)C(C)NC(=O)C(C)(C)C)CC2)c1C. The van der Waals surface area contributed by atoms with E-state index in [9.17, 15) is 14.4 Å². The predicted molar refractivity (Wildman–Crippen MR) is 115 cm³/mol. The van der Waals surface area contributed by atoms with Gasteiger partial charge in [0.15, 0.2) is 0 Å². The minimum Gasteiger partial charge on any atom is -0.344 e. The van der Waals surface area contributed by atoms with Gasteiger partial charge in [0.1, 0.15) is 6.04 Å². The Kier molecular flexibility index (Phi) is 7.41. The summed E-state index contributed by atoms with van der Waals surface area (Å²) in [6, 6.07) is 5.30. The number of nitrogens with zero attached hydrogens (tertiary/aromatic N) is 2. The van der Waals surface area contributed by atoms with Crippen molar-refractivity contribution in [2.45, 2.75) is 47.6 Å². The first-order chi connectivity index (χ1) is 13.5. The van der Waals surface area contributed by atoms with Gasteiger partial charge in [0.2, 0.25) is 17.7 Å². The van der Waals surface area contributed by atoms with Crippen molar-refractivity contribution < 1.29 is 14.4 Å². The van der Waals surface area contributed by atoms with Crippen molar-refractivity contribution in [3.05, 3.63) is 29.3 Å². The van der Waals surface area contributed by atoms with E-state index in [0.29, 0.717) is 32.7 Å². The number of hydrogen-bond acceptors (Lipinski definition) is 4. The van der Waals surface area contributed by atoms with Crippen LogP contribution in [0.15, 0.2) is 18.2 Å². The lowest BCUT2D eigenvalue weighted by Gasteiger charge is -2.36. The van der Waals surface area contributed by atoms with Gasteiger partial charge in [-0.25, -0.2) is 0 Å². The summed E-state index contributed by atoms with van der Waals surface area (Å²) in [5.74, 6) is -0.272. The number of carbonyl (C=O) groups is 3. The highest BCUT2D eigenvalue weighted by Crippen LogP contribution is 2.18. The van der Waals surface area contributed by atoms with E-state index in [1.54, 1.807) is 11.8 Å². The summed E-state index contributed by atoms with van der Waals surface area (Å²) in [5, 5.41) is 5.77. The van der Waals surface area contributed by atoms with Gasteiger partial charge >= 0.3 is 0 Å². The number of carbonyl (C=O) groups excluding carboxylic acids is 3. The Balaban J connectivity index is 1.81. The molecule has 3 amide bonds. The van der Waals surface area contributed by atoms with E-state index >= 15 is 0 Å². The number of benzene rings is 1. The highest BCUT2D eigenvalue weighted by Gasteiger charge is 2.29. The van der Waals surface area contributed by atoms with Crippen molar-refractivity contribution in [1.82, 2.24) is 15.1 Å². The molecular weight excluding hydrogens is 368 g/mol.